The van der Waals surface area contributed by atoms with Crippen molar-refractivity contribution in [2.24, 2.45) is 0 Å². The smallest absolute Gasteiger partial charge is 0.157 e. The second-order valence-electron chi connectivity index (χ2n) is 4.19. The fourth-order valence-electron chi connectivity index (χ4n) is 1.81. The second-order valence-corrected chi connectivity index (χ2v) is 6.36. The Morgan fingerprint density at radius 1 is 1.20 bits per heavy atom. The molecule has 2 heterocycles. The van der Waals surface area contributed by atoms with E-state index in [-0.39, 0.29) is 0 Å². The van der Waals surface area contributed by atoms with Crippen LogP contribution in [0.4, 0.5) is 0 Å². The van der Waals surface area contributed by atoms with Gasteiger partial charge >= 0.3 is 0 Å². The summed E-state index contributed by atoms with van der Waals surface area (Å²) in [6.07, 6.45) is 0. The van der Waals surface area contributed by atoms with E-state index in [1.807, 2.05) is 35.7 Å². The van der Waals surface area contributed by atoms with E-state index < -0.39 is 0 Å². The topological polar surface area (TPSA) is 35.0 Å². The highest BCUT2D eigenvalue weighted by Gasteiger charge is 2.07. The van der Waals surface area contributed by atoms with Gasteiger partial charge in [0, 0.05) is 9.86 Å². The molecule has 2 aromatic heterocycles. The maximum atomic E-state index is 6.11. The number of halogens is 2. The number of hydrogen-bond acceptors (Lipinski definition) is 4. The van der Waals surface area contributed by atoms with Crippen molar-refractivity contribution in [2.45, 2.75) is 13.2 Å². The Labute approximate surface area is 133 Å². The highest BCUT2D eigenvalue weighted by atomic mass is 79.9. The van der Waals surface area contributed by atoms with Crippen molar-refractivity contribution in [3.63, 3.8) is 0 Å². The lowest BCUT2D eigenvalue weighted by molar-refractivity contribution is 0.102. The molecule has 0 amide bonds. The number of benzene rings is 1. The number of aromatic nitrogens is 2. The average Bonchev–Trinajstić information content (AvgIpc) is 2.88. The highest BCUT2D eigenvalue weighted by Crippen LogP contribution is 2.25. The molecule has 3 nitrogen and oxygen atoms in total. The molecule has 0 aliphatic rings. The molecule has 3 rings (SSSR count). The number of nitrogens with zero attached hydrogens (tertiary/aromatic N) is 2. The molecule has 20 heavy (non-hydrogen) atoms. The van der Waals surface area contributed by atoms with Crippen molar-refractivity contribution in [1.29, 1.82) is 0 Å². The Balaban J connectivity index is 1.68. The Hall–Kier alpha value is -1.01. The predicted octanol–water partition coefficient (Wildman–Crippen LogP) is 4.82. The van der Waals surface area contributed by atoms with Gasteiger partial charge in [0.15, 0.2) is 5.82 Å². The predicted molar refractivity (Wildman–Crippen MR) is 85.1 cm³/mol. The lowest BCUT2D eigenvalue weighted by Crippen LogP contribution is -2.00. The normalized spacial score (nSPS) is 11.1. The third-order valence-corrected chi connectivity index (χ3v) is 4.30. The van der Waals surface area contributed by atoms with Crippen LogP contribution in [0.2, 0.25) is 5.15 Å². The van der Waals surface area contributed by atoms with Crippen LogP contribution in [0.25, 0.3) is 10.2 Å². The number of hydrogen-bond donors (Lipinski definition) is 0. The molecule has 0 N–H and O–H groups in total. The fraction of sp³-hybridized carbons (Fsp3) is 0.143. The summed E-state index contributed by atoms with van der Waals surface area (Å²) in [6.45, 7) is 0.864. The van der Waals surface area contributed by atoms with Gasteiger partial charge in [0.05, 0.1) is 6.61 Å². The standard InChI is InChI=1S/C14H10BrClN2OS/c15-10-3-1-2-9(6-10)7-19-8-12-17-13(16)11-4-5-20-14(11)18-12/h1-6H,7-8H2. The van der Waals surface area contributed by atoms with Crippen molar-refractivity contribution in [2.75, 3.05) is 0 Å². The molecule has 102 valence electrons. The van der Waals surface area contributed by atoms with Crippen LogP contribution in [0, 0.1) is 0 Å². The molecule has 3 aromatic rings. The largest absolute Gasteiger partial charge is 0.369 e. The van der Waals surface area contributed by atoms with Gasteiger partial charge in [-0.25, -0.2) is 9.97 Å². The van der Waals surface area contributed by atoms with Gasteiger partial charge in [0.1, 0.15) is 16.6 Å². The van der Waals surface area contributed by atoms with E-state index >= 15 is 0 Å². The Morgan fingerprint density at radius 3 is 2.95 bits per heavy atom. The molecule has 0 radical (unpaired) electrons. The summed E-state index contributed by atoms with van der Waals surface area (Å²) in [7, 11) is 0. The van der Waals surface area contributed by atoms with Crippen LogP contribution in [0.3, 0.4) is 0 Å². The average molecular weight is 370 g/mol. The molecule has 0 aliphatic heterocycles. The Kier molecular flexibility index (Phi) is 4.31. The minimum absolute atomic E-state index is 0.347. The molecule has 0 spiro atoms. The van der Waals surface area contributed by atoms with Gasteiger partial charge in [0.2, 0.25) is 0 Å². The first-order chi connectivity index (χ1) is 9.72. The summed E-state index contributed by atoms with van der Waals surface area (Å²) < 4.78 is 6.68. The molecular formula is C14H10BrClN2OS. The summed E-state index contributed by atoms with van der Waals surface area (Å²) in [6, 6.07) is 9.93. The third kappa shape index (κ3) is 3.17. The molecular weight excluding hydrogens is 360 g/mol. The molecule has 1 aromatic carbocycles. The molecule has 0 bridgehead atoms. The minimum atomic E-state index is 0.347. The minimum Gasteiger partial charge on any atom is -0.369 e. The van der Waals surface area contributed by atoms with E-state index in [9.17, 15) is 0 Å². The zero-order valence-corrected chi connectivity index (χ0v) is 13.5. The lowest BCUT2D eigenvalue weighted by atomic mass is 10.2. The molecule has 0 fully saturated rings. The lowest BCUT2D eigenvalue weighted by Gasteiger charge is -2.05. The summed E-state index contributed by atoms with van der Waals surface area (Å²) in [4.78, 5) is 9.58. The van der Waals surface area contributed by atoms with Crippen molar-refractivity contribution < 1.29 is 4.74 Å². The maximum Gasteiger partial charge on any atom is 0.157 e. The first-order valence-corrected chi connectivity index (χ1v) is 7.99. The summed E-state index contributed by atoms with van der Waals surface area (Å²) >= 11 is 11.1. The third-order valence-electron chi connectivity index (χ3n) is 2.71. The van der Waals surface area contributed by atoms with Crippen LogP contribution < -0.4 is 0 Å². The Morgan fingerprint density at radius 2 is 2.10 bits per heavy atom. The van der Waals surface area contributed by atoms with Gasteiger partial charge in [-0.3, -0.25) is 0 Å². The van der Waals surface area contributed by atoms with Crippen molar-refractivity contribution in [3.05, 3.63) is 56.7 Å². The van der Waals surface area contributed by atoms with Crippen LogP contribution in [0.15, 0.2) is 40.2 Å². The summed E-state index contributed by atoms with van der Waals surface area (Å²) in [5.41, 5.74) is 1.10. The zero-order valence-electron chi connectivity index (χ0n) is 10.3. The number of thiophene rings is 1. The first-order valence-electron chi connectivity index (χ1n) is 5.94. The van der Waals surface area contributed by atoms with Gasteiger partial charge in [-0.2, -0.15) is 0 Å². The monoisotopic (exact) mass is 368 g/mol. The van der Waals surface area contributed by atoms with Gasteiger partial charge in [-0.05, 0) is 29.1 Å². The molecule has 0 atom stereocenters. The van der Waals surface area contributed by atoms with Gasteiger partial charge < -0.3 is 4.74 Å². The molecule has 0 unspecified atom stereocenters. The SMILES string of the molecule is Clc1nc(COCc2cccc(Br)c2)nc2sccc12. The Bertz CT molecular complexity index is 747. The van der Waals surface area contributed by atoms with E-state index in [0.29, 0.717) is 24.2 Å². The highest BCUT2D eigenvalue weighted by molar-refractivity contribution is 9.10. The van der Waals surface area contributed by atoms with E-state index in [2.05, 4.69) is 25.9 Å². The van der Waals surface area contributed by atoms with E-state index in [0.717, 1.165) is 20.3 Å². The van der Waals surface area contributed by atoms with Crippen molar-refractivity contribution in [3.8, 4) is 0 Å². The van der Waals surface area contributed by atoms with E-state index in [1.165, 1.54) is 0 Å². The van der Waals surface area contributed by atoms with Crippen molar-refractivity contribution in [1.82, 2.24) is 9.97 Å². The fourth-order valence-corrected chi connectivity index (χ4v) is 3.35. The first kappa shape index (κ1) is 13.9. The quantitative estimate of drug-likeness (QED) is 0.618. The van der Waals surface area contributed by atoms with Crippen LogP contribution in [0.5, 0.6) is 0 Å². The van der Waals surface area contributed by atoms with Crippen LogP contribution >= 0.6 is 38.9 Å². The molecule has 6 heteroatoms. The van der Waals surface area contributed by atoms with Crippen molar-refractivity contribution >= 4 is 49.1 Å². The van der Waals surface area contributed by atoms with Crippen LogP contribution in [0.1, 0.15) is 11.4 Å². The maximum absolute atomic E-state index is 6.11. The van der Waals surface area contributed by atoms with Crippen LogP contribution in [-0.2, 0) is 18.0 Å². The number of rotatable bonds is 4. The number of fused-ring (bicyclic) bond motifs is 1. The zero-order chi connectivity index (χ0) is 13.9. The van der Waals surface area contributed by atoms with Gasteiger partial charge in [-0.1, -0.05) is 39.7 Å². The number of ether oxygens (including phenoxy) is 1. The van der Waals surface area contributed by atoms with Gasteiger partial charge in [-0.15, -0.1) is 11.3 Å². The molecule has 0 saturated carbocycles. The van der Waals surface area contributed by atoms with E-state index in [4.69, 9.17) is 16.3 Å². The van der Waals surface area contributed by atoms with Crippen LogP contribution in [-0.4, -0.2) is 9.97 Å². The van der Waals surface area contributed by atoms with Gasteiger partial charge in [0.25, 0.3) is 0 Å². The molecule has 0 saturated heterocycles. The molecule has 0 aliphatic carbocycles. The van der Waals surface area contributed by atoms with E-state index in [1.54, 1.807) is 11.3 Å². The summed E-state index contributed by atoms with van der Waals surface area (Å²) in [5.74, 6) is 0.611. The summed E-state index contributed by atoms with van der Waals surface area (Å²) in [5, 5.41) is 3.34. The second kappa shape index (κ2) is 6.18.